The van der Waals surface area contributed by atoms with Crippen LogP contribution in [-0.4, -0.2) is 4.98 Å². The second kappa shape index (κ2) is 10.9. The van der Waals surface area contributed by atoms with Crippen LogP contribution in [0.3, 0.4) is 0 Å². The summed E-state index contributed by atoms with van der Waals surface area (Å²) in [7, 11) is 0. The van der Waals surface area contributed by atoms with Gasteiger partial charge in [-0.05, 0) is 36.4 Å². The molecular formula is C24H26F2N4. The standard InChI is InChI=1S/C22H20F2N4.C2H6/c1-15(27-25)18-6-7-19(22(24)12-18)14-28(21-5-3-4-20(23)13-21)16(2)17-8-10-26-11-9-17;1-2/h3-13,27H,1-2,14,25H2;1-2H3. The van der Waals surface area contributed by atoms with E-state index in [9.17, 15) is 8.78 Å². The number of nitrogens with two attached hydrogens (primary N) is 1. The molecule has 0 fully saturated rings. The third-order valence-electron chi connectivity index (χ3n) is 4.36. The molecule has 30 heavy (non-hydrogen) atoms. The van der Waals surface area contributed by atoms with Gasteiger partial charge in [-0.15, -0.1) is 0 Å². The zero-order valence-corrected chi connectivity index (χ0v) is 17.2. The van der Waals surface area contributed by atoms with Crippen molar-refractivity contribution in [2.45, 2.75) is 20.4 Å². The zero-order chi connectivity index (χ0) is 22.1. The lowest BCUT2D eigenvalue weighted by atomic mass is 10.1. The second-order valence-corrected chi connectivity index (χ2v) is 6.18. The van der Waals surface area contributed by atoms with Gasteiger partial charge in [0.2, 0.25) is 0 Å². The fourth-order valence-electron chi connectivity index (χ4n) is 2.80. The highest BCUT2D eigenvalue weighted by atomic mass is 19.1. The maximum Gasteiger partial charge on any atom is 0.128 e. The van der Waals surface area contributed by atoms with Crippen molar-refractivity contribution >= 4 is 17.1 Å². The molecule has 0 saturated heterocycles. The van der Waals surface area contributed by atoms with Gasteiger partial charge in [0.25, 0.3) is 0 Å². The normalized spacial score (nSPS) is 9.90. The van der Waals surface area contributed by atoms with Crippen LogP contribution in [0.2, 0.25) is 0 Å². The Kier molecular flexibility index (Phi) is 8.26. The molecule has 0 bridgehead atoms. The van der Waals surface area contributed by atoms with Gasteiger partial charge in [-0.25, -0.2) is 8.78 Å². The Morgan fingerprint density at radius 2 is 1.70 bits per heavy atom. The molecule has 0 unspecified atom stereocenters. The molecule has 0 saturated carbocycles. The van der Waals surface area contributed by atoms with Gasteiger partial charge in [0.05, 0.1) is 6.54 Å². The maximum atomic E-state index is 14.7. The van der Waals surface area contributed by atoms with Crippen molar-refractivity contribution < 1.29 is 8.78 Å². The lowest BCUT2D eigenvalue weighted by Crippen LogP contribution is -2.22. The Hall–Kier alpha value is -3.51. The van der Waals surface area contributed by atoms with Crippen molar-refractivity contribution in [1.82, 2.24) is 10.4 Å². The van der Waals surface area contributed by atoms with Gasteiger partial charge in [-0.2, -0.15) is 0 Å². The third-order valence-corrected chi connectivity index (χ3v) is 4.36. The molecule has 1 heterocycles. The minimum atomic E-state index is -0.419. The first kappa shape index (κ1) is 22.8. The van der Waals surface area contributed by atoms with E-state index in [-0.39, 0.29) is 12.4 Å². The van der Waals surface area contributed by atoms with Crippen LogP contribution in [0.15, 0.2) is 80.1 Å². The summed E-state index contributed by atoms with van der Waals surface area (Å²) in [6, 6.07) is 14.4. The summed E-state index contributed by atoms with van der Waals surface area (Å²) in [6.45, 7) is 12.0. The number of hydrogen-bond acceptors (Lipinski definition) is 4. The van der Waals surface area contributed by atoms with Crippen LogP contribution in [0.25, 0.3) is 11.4 Å². The highest BCUT2D eigenvalue weighted by Crippen LogP contribution is 2.28. The second-order valence-electron chi connectivity index (χ2n) is 6.18. The van der Waals surface area contributed by atoms with Crippen molar-refractivity contribution in [3.8, 4) is 0 Å². The van der Waals surface area contributed by atoms with Gasteiger partial charge < -0.3 is 10.3 Å². The van der Waals surface area contributed by atoms with E-state index in [2.05, 4.69) is 23.6 Å². The quantitative estimate of drug-likeness (QED) is 0.401. The Morgan fingerprint density at radius 1 is 1.00 bits per heavy atom. The van der Waals surface area contributed by atoms with Gasteiger partial charge in [-0.1, -0.05) is 45.2 Å². The number of halogens is 2. The number of nitrogens with one attached hydrogen (secondary N) is 1. The largest absolute Gasteiger partial charge is 0.337 e. The van der Waals surface area contributed by atoms with E-state index in [1.165, 1.54) is 18.2 Å². The minimum absolute atomic E-state index is 0.166. The van der Waals surface area contributed by atoms with Crippen molar-refractivity contribution in [3.05, 3.63) is 108 Å². The summed E-state index contributed by atoms with van der Waals surface area (Å²) in [6.07, 6.45) is 3.29. The average molecular weight is 408 g/mol. The average Bonchev–Trinajstić information content (AvgIpc) is 2.79. The van der Waals surface area contributed by atoms with E-state index in [0.717, 1.165) is 5.56 Å². The molecule has 6 heteroatoms. The molecule has 3 rings (SSSR count). The Morgan fingerprint density at radius 3 is 2.30 bits per heavy atom. The topological polar surface area (TPSA) is 54.2 Å². The molecule has 0 atom stereocenters. The molecule has 4 nitrogen and oxygen atoms in total. The summed E-state index contributed by atoms with van der Waals surface area (Å²) in [5.74, 6) is 4.53. The van der Waals surface area contributed by atoms with Gasteiger partial charge in [0.1, 0.15) is 11.6 Å². The van der Waals surface area contributed by atoms with E-state index in [4.69, 9.17) is 5.84 Å². The fourth-order valence-corrected chi connectivity index (χ4v) is 2.80. The van der Waals surface area contributed by atoms with Gasteiger partial charge in [0, 0.05) is 46.2 Å². The van der Waals surface area contributed by atoms with E-state index >= 15 is 0 Å². The van der Waals surface area contributed by atoms with Crippen LogP contribution in [0.1, 0.15) is 30.5 Å². The Labute approximate surface area is 176 Å². The van der Waals surface area contributed by atoms with Gasteiger partial charge >= 0.3 is 0 Å². The molecule has 2 aromatic carbocycles. The Balaban J connectivity index is 0.00000155. The summed E-state index contributed by atoms with van der Waals surface area (Å²) in [4.78, 5) is 5.76. The van der Waals surface area contributed by atoms with Crippen LogP contribution in [0, 0.1) is 11.6 Å². The first-order chi connectivity index (χ1) is 14.5. The molecule has 0 aliphatic heterocycles. The number of benzene rings is 2. The number of hydrogen-bond donors (Lipinski definition) is 2. The van der Waals surface area contributed by atoms with Crippen LogP contribution >= 0.6 is 0 Å². The smallest absolute Gasteiger partial charge is 0.128 e. The molecule has 3 aromatic rings. The molecular weight excluding hydrogens is 382 g/mol. The third kappa shape index (κ3) is 5.52. The lowest BCUT2D eigenvalue weighted by molar-refractivity contribution is 0.608. The van der Waals surface area contributed by atoms with Crippen molar-refractivity contribution in [3.63, 3.8) is 0 Å². The van der Waals surface area contributed by atoms with Crippen molar-refractivity contribution in [2.24, 2.45) is 5.84 Å². The van der Waals surface area contributed by atoms with Crippen LogP contribution < -0.4 is 16.2 Å². The van der Waals surface area contributed by atoms with E-state index in [0.29, 0.717) is 28.2 Å². The fraction of sp³-hybridized carbons (Fsp3) is 0.125. The molecule has 0 spiro atoms. The predicted octanol–water partition coefficient (Wildman–Crippen LogP) is 5.50. The van der Waals surface area contributed by atoms with E-state index < -0.39 is 5.82 Å². The molecule has 0 amide bonds. The summed E-state index contributed by atoms with van der Waals surface area (Å²) in [5, 5.41) is 0. The molecule has 0 aliphatic rings. The molecule has 0 radical (unpaired) electrons. The van der Waals surface area contributed by atoms with E-state index in [1.807, 2.05) is 13.8 Å². The monoisotopic (exact) mass is 408 g/mol. The number of anilines is 1. The van der Waals surface area contributed by atoms with Gasteiger partial charge in [-0.3, -0.25) is 10.8 Å². The minimum Gasteiger partial charge on any atom is -0.337 e. The van der Waals surface area contributed by atoms with Crippen LogP contribution in [-0.2, 0) is 6.54 Å². The highest BCUT2D eigenvalue weighted by Gasteiger charge is 2.16. The van der Waals surface area contributed by atoms with Crippen LogP contribution in [0.4, 0.5) is 14.5 Å². The Bertz CT molecular complexity index is 1000. The number of hydrazine groups is 1. The highest BCUT2D eigenvalue weighted by molar-refractivity contribution is 5.77. The van der Waals surface area contributed by atoms with E-state index in [1.54, 1.807) is 53.7 Å². The zero-order valence-electron chi connectivity index (χ0n) is 17.2. The predicted molar refractivity (Wildman–Crippen MR) is 120 cm³/mol. The van der Waals surface area contributed by atoms with Crippen molar-refractivity contribution in [2.75, 3.05) is 4.90 Å². The summed E-state index contributed by atoms with van der Waals surface area (Å²) < 4.78 is 28.5. The maximum absolute atomic E-state index is 14.7. The first-order valence-electron chi connectivity index (χ1n) is 9.56. The summed E-state index contributed by atoms with van der Waals surface area (Å²) in [5.41, 5.74) is 5.76. The SMILES string of the molecule is C=C(NN)c1ccc(CN(C(=C)c2ccncc2)c2cccc(F)c2)c(F)c1.CC. The van der Waals surface area contributed by atoms with Crippen molar-refractivity contribution in [1.29, 1.82) is 0 Å². The number of nitrogens with zero attached hydrogens (tertiary/aromatic N) is 2. The molecule has 1 aromatic heterocycles. The lowest BCUT2D eigenvalue weighted by Gasteiger charge is -2.27. The van der Waals surface area contributed by atoms with Crippen LogP contribution in [0.5, 0.6) is 0 Å². The molecule has 3 N–H and O–H groups in total. The summed E-state index contributed by atoms with van der Waals surface area (Å²) >= 11 is 0. The van der Waals surface area contributed by atoms with Gasteiger partial charge in [0.15, 0.2) is 0 Å². The first-order valence-corrected chi connectivity index (χ1v) is 9.56. The number of rotatable bonds is 7. The molecule has 156 valence electrons. The molecule has 0 aliphatic carbocycles. The number of pyridine rings is 1. The number of aromatic nitrogens is 1.